The highest BCUT2D eigenvalue weighted by Gasteiger charge is 2.15. The van der Waals surface area contributed by atoms with Crippen LogP contribution < -0.4 is 5.32 Å². The molecule has 3 aromatic rings. The van der Waals surface area contributed by atoms with Gasteiger partial charge in [0.15, 0.2) is 0 Å². The molecule has 0 saturated heterocycles. The van der Waals surface area contributed by atoms with E-state index in [9.17, 15) is 4.79 Å². The van der Waals surface area contributed by atoms with Gasteiger partial charge in [-0.05, 0) is 44.4 Å². The number of nitrogens with one attached hydrogen (secondary N) is 1. The Kier molecular flexibility index (Phi) is 5.11. The van der Waals surface area contributed by atoms with Crippen molar-refractivity contribution in [1.29, 1.82) is 0 Å². The molecule has 6 heteroatoms. The van der Waals surface area contributed by atoms with Crippen molar-refractivity contribution >= 4 is 22.6 Å². The predicted octanol–water partition coefficient (Wildman–Crippen LogP) is 4.27. The summed E-state index contributed by atoms with van der Waals surface area (Å²) in [6.45, 7) is 11.0. The van der Waals surface area contributed by atoms with Gasteiger partial charge in [0.25, 0.3) is 0 Å². The molecule has 138 valence electrons. The standard InChI is InChI=1S/C20H27N5O/c1-13(2)16-6-8-17(9-7-16)22-19(26)10-11-24-20-15(5)23-25(14(3)4)18(20)12-21-24/h6-9,12-14H,10-11H2,1-5H3,(H,22,26). The molecule has 1 amide bonds. The fourth-order valence-electron chi connectivity index (χ4n) is 3.12. The Hall–Kier alpha value is -2.63. The Balaban J connectivity index is 1.65. The SMILES string of the molecule is Cc1nn(C(C)C)c2cnn(CCC(=O)Nc3ccc(C(C)C)cc3)c12. The molecule has 0 bridgehead atoms. The van der Waals surface area contributed by atoms with Gasteiger partial charge in [-0.3, -0.25) is 14.2 Å². The van der Waals surface area contributed by atoms with Gasteiger partial charge in [0.05, 0.1) is 18.4 Å². The Morgan fingerprint density at radius 2 is 1.85 bits per heavy atom. The molecule has 26 heavy (non-hydrogen) atoms. The van der Waals surface area contributed by atoms with Gasteiger partial charge in [-0.2, -0.15) is 10.2 Å². The molecule has 0 aliphatic heterocycles. The zero-order valence-corrected chi connectivity index (χ0v) is 16.2. The molecule has 0 radical (unpaired) electrons. The van der Waals surface area contributed by atoms with E-state index in [2.05, 4.69) is 55.3 Å². The molecule has 1 N–H and O–H groups in total. The van der Waals surface area contributed by atoms with Gasteiger partial charge in [0.1, 0.15) is 11.0 Å². The van der Waals surface area contributed by atoms with Gasteiger partial charge in [-0.15, -0.1) is 0 Å². The summed E-state index contributed by atoms with van der Waals surface area (Å²) in [5.74, 6) is 0.469. The van der Waals surface area contributed by atoms with E-state index < -0.39 is 0 Å². The van der Waals surface area contributed by atoms with Gasteiger partial charge in [0, 0.05) is 18.2 Å². The maximum absolute atomic E-state index is 12.3. The maximum Gasteiger partial charge on any atom is 0.226 e. The average molecular weight is 353 g/mol. The van der Waals surface area contributed by atoms with Gasteiger partial charge in [-0.1, -0.05) is 26.0 Å². The molecule has 0 unspecified atom stereocenters. The number of amides is 1. The summed E-state index contributed by atoms with van der Waals surface area (Å²) in [6.07, 6.45) is 2.20. The number of anilines is 1. The molecular formula is C20H27N5O. The maximum atomic E-state index is 12.3. The minimum absolute atomic E-state index is 0.0140. The minimum Gasteiger partial charge on any atom is -0.326 e. The van der Waals surface area contributed by atoms with Gasteiger partial charge < -0.3 is 5.32 Å². The third kappa shape index (κ3) is 3.64. The second-order valence-electron chi connectivity index (χ2n) is 7.30. The lowest BCUT2D eigenvalue weighted by Gasteiger charge is -2.09. The lowest BCUT2D eigenvalue weighted by atomic mass is 10.0. The number of nitrogens with zero attached hydrogens (tertiary/aromatic N) is 4. The van der Waals surface area contributed by atoms with Crippen LogP contribution in [0.4, 0.5) is 5.69 Å². The highest BCUT2D eigenvalue weighted by atomic mass is 16.1. The van der Waals surface area contributed by atoms with Crippen LogP contribution in [0, 0.1) is 6.92 Å². The summed E-state index contributed by atoms with van der Waals surface area (Å²) in [6, 6.07) is 8.30. The van der Waals surface area contributed by atoms with Crippen molar-refractivity contribution in [3.05, 3.63) is 41.7 Å². The minimum atomic E-state index is -0.0140. The quantitative estimate of drug-likeness (QED) is 0.719. The molecule has 2 aromatic heterocycles. The Morgan fingerprint density at radius 1 is 1.15 bits per heavy atom. The summed E-state index contributed by atoms with van der Waals surface area (Å²) < 4.78 is 3.85. The van der Waals surface area contributed by atoms with E-state index in [1.54, 1.807) is 0 Å². The topological polar surface area (TPSA) is 64.7 Å². The van der Waals surface area contributed by atoms with Crippen LogP contribution in [0.15, 0.2) is 30.5 Å². The van der Waals surface area contributed by atoms with Gasteiger partial charge >= 0.3 is 0 Å². The van der Waals surface area contributed by atoms with E-state index in [1.165, 1.54) is 5.56 Å². The number of carbonyl (C=O) groups is 1. The summed E-state index contributed by atoms with van der Waals surface area (Å²) in [5, 5.41) is 12.0. The van der Waals surface area contributed by atoms with Crippen molar-refractivity contribution in [3.8, 4) is 0 Å². The molecular weight excluding hydrogens is 326 g/mol. The molecule has 2 heterocycles. The van der Waals surface area contributed by atoms with Gasteiger partial charge in [0.2, 0.25) is 5.91 Å². The fraction of sp³-hybridized carbons (Fsp3) is 0.450. The zero-order valence-electron chi connectivity index (χ0n) is 16.2. The number of carbonyl (C=O) groups excluding carboxylic acids is 1. The number of rotatable bonds is 6. The van der Waals surface area contributed by atoms with Crippen LogP contribution in [0.5, 0.6) is 0 Å². The Morgan fingerprint density at radius 3 is 2.46 bits per heavy atom. The lowest BCUT2D eigenvalue weighted by molar-refractivity contribution is -0.116. The van der Waals surface area contributed by atoms with E-state index in [0.717, 1.165) is 22.4 Å². The van der Waals surface area contributed by atoms with E-state index in [0.29, 0.717) is 18.9 Å². The largest absolute Gasteiger partial charge is 0.326 e. The van der Waals surface area contributed by atoms with Crippen molar-refractivity contribution in [1.82, 2.24) is 19.6 Å². The molecule has 0 aliphatic carbocycles. The van der Waals surface area contributed by atoms with E-state index in [1.807, 2.05) is 34.6 Å². The van der Waals surface area contributed by atoms with Crippen molar-refractivity contribution in [2.75, 3.05) is 5.32 Å². The second kappa shape index (κ2) is 7.32. The predicted molar refractivity (Wildman–Crippen MR) is 104 cm³/mol. The molecule has 0 atom stereocenters. The van der Waals surface area contributed by atoms with Crippen LogP contribution in [0.2, 0.25) is 0 Å². The summed E-state index contributed by atoms with van der Waals surface area (Å²) in [7, 11) is 0. The van der Waals surface area contributed by atoms with Crippen LogP contribution >= 0.6 is 0 Å². The normalized spacial score (nSPS) is 11.7. The van der Waals surface area contributed by atoms with E-state index in [4.69, 9.17) is 0 Å². The van der Waals surface area contributed by atoms with Crippen LogP contribution in [0.1, 0.15) is 57.3 Å². The molecule has 0 aliphatic rings. The lowest BCUT2D eigenvalue weighted by Crippen LogP contribution is -2.15. The molecule has 3 rings (SSSR count). The Labute approximate surface area is 154 Å². The second-order valence-corrected chi connectivity index (χ2v) is 7.30. The van der Waals surface area contributed by atoms with Crippen LogP contribution in [0.3, 0.4) is 0 Å². The number of benzene rings is 1. The van der Waals surface area contributed by atoms with Crippen molar-refractivity contribution < 1.29 is 4.79 Å². The number of hydrogen-bond donors (Lipinski definition) is 1. The zero-order chi connectivity index (χ0) is 18.8. The number of hydrogen-bond acceptors (Lipinski definition) is 3. The first-order chi connectivity index (χ1) is 12.4. The third-order valence-electron chi connectivity index (χ3n) is 4.57. The van der Waals surface area contributed by atoms with Crippen LogP contribution in [0.25, 0.3) is 11.0 Å². The molecule has 0 spiro atoms. The molecule has 6 nitrogen and oxygen atoms in total. The first-order valence-electron chi connectivity index (χ1n) is 9.17. The summed E-state index contributed by atoms with van der Waals surface area (Å²) in [5.41, 5.74) is 5.05. The first-order valence-corrected chi connectivity index (χ1v) is 9.17. The smallest absolute Gasteiger partial charge is 0.226 e. The van der Waals surface area contributed by atoms with Crippen molar-refractivity contribution in [2.45, 2.75) is 59.5 Å². The monoisotopic (exact) mass is 353 g/mol. The van der Waals surface area contributed by atoms with Gasteiger partial charge in [-0.25, -0.2) is 0 Å². The van der Waals surface area contributed by atoms with E-state index in [-0.39, 0.29) is 11.9 Å². The average Bonchev–Trinajstić information content (AvgIpc) is 3.15. The third-order valence-corrected chi connectivity index (χ3v) is 4.57. The van der Waals surface area contributed by atoms with Crippen LogP contribution in [-0.4, -0.2) is 25.5 Å². The molecule has 0 fully saturated rings. The van der Waals surface area contributed by atoms with Crippen molar-refractivity contribution in [3.63, 3.8) is 0 Å². The number of aromatic nitrogens is 4. The van der Waals surface area contributed by atoms with Crippen LogP contribution in [-0.2, 0) is 11.3 Å². The highest BCUT2D eigenvalue weighted by Crippen LogP contribution is 2.21. The molecule has 1 aromatic carbocycles. The fourth-order valence-corrected chi connectivity index (χ4v) is 3.12. The number of fused-ring (bicyclic) bond motifs is 1. The Bertz CT molecular complexity index is 902. The first kappa shape index (κ1) is 18.2. The van der Waals surface area contributed by atoms with Crippen molar-refractivity contribution in [2.24, 2.45) is 0 Å². The van der Waals surface area contributed by atoms with E-state index >= 15 is 0 Å². The summed E-state index contributed by atoms with van der Waals surface area (Å²) >= 11 is 0. The summed E-state index contributed by atoms with van der Waals surface area (Å²) in [4.78, 5) is 12.3. The highest BCUT2D eigenvalue weighted by molar-refractivity contribution is 5.90. The molecule has 0 saturated carbocycles. The number of aryl methyl sites for hydroxylation is 2.